The van der Waals surface area contributed by atoms with E-state index in [0.29, 0.717) is 0 Å². The molecule has 31 heavy (non-hydrogen) atoms. The van der Waals surface area contributed by atoms with Crippen molar-refractivity contribution in [3.63, 3.8) is 0 Å². The smallest absolute Gasteiger partial charge is 0.213 e. The molecule has 0 amide bonds. The van der Waals surface area contributed by atoms with Crippen molar-refractivity contribution < 1.29 is 4.57 Å². The van der Waals surface area contributed by atoms with Crippen molar-refractivity contribution >= 4 is 0 Å². The van der Waals surface area contributed by atoms with Crippen molar-refractivity contribution in [3.05, 3.63) is 94.9 Å². The minimum atomic E-state index is -0.148. The van der Waals surface area contributed by atoms with Crippen molar-refractivity contribution in [1.82, 2.24) is 4.98 Å². The van der Waals surface area contributed by atoms with Gasteiger partial charge in [-0.1, -0.05) is 61.9 Å². The van der Waals surface area contributed by atoms with Gasteiger partial charge in [-0.15, -0.1) is 0 Å². The van der Waals surface area contributed by atoms with E-state index in [9.17, 15) is 0 Å². The average Bonchev–Trinajstić information content (AvgIpc) is 2.96. The van der Waals surface area contributed by atoms with Gasteiger partial charge in [0.15, 0.2) is 6.20 Å². The third-order valence-electron chi connectivity index (χ3n) is 6.75. The fraction of sp³-hybridized carbons (Fsp3) is 0.241. The maximum Gasteiger partial charge on any atom is 0.213 e. The lowest BCUT2D eigenvalue weighted by Gasteiger charge is -2.24. The molecule has 2 aromatic carbocycles. The highest BCUT2D eigenvalue weighted by atomic mass is 14.9. The minimum absolute atomic E-state index is 0.148. The van der Waals surface area contributed by atoms with Crippen LogP contribution in [-0.2, 0) is 12.5 Å². The van der Waals surface area contributed by atoms with Crippen LogP contribution in [0.15, 0.2) is 66.9 Å². The molecule has 0 aliphatic heterocycles. The fourth-order valence-corrected chi connectivity index (χ4v) is 5.02. The van der Waals surface area contributed by atoms with Gasteiger partial charge in [-0.25, -0.2) is 4.57 Å². The second-order valence-electron chi connectivity index (χ2n) is 9.43. The first kappa shape index (κ1) is 19.7. The Morgan fingerprint density at radius 3 is 2.23 bits per heavy atom. The van der Waals surface area contributed by atoms with Crippen LogP contribution in [0.25, 0.3) is 33.5 Å². The lowest BCUT2D eigenvalue weighted by atomic mass is 9.80. The Morgan fingerprint density at radius 1 is 0.774 bits per heavy atom. The summed E-state index contributed by atoms with van der Waals surface area (Å²) in [7, 11) is 2.14. The molecule has 2 heterocycles. The van der Waals surface area contributed by atoms with Crippen molar-refractivity contribution in [2.45, 2.75) is 40.0 Å². The third-order valence-corrected chi connectivity index (χ3v) is 6.75. The van der Waals surface area contributed by atoms with Crippen LogP contribution in [0.4, 0.5) is 0 Å². The van der Waals surface area contributed by atoms with Gasteiger partial charge in [-0.2, -0.15) is 0 Å². The van der Waals surface area contributed by atoms with Crippen molar-refractivity contribution in [2.75, 3.05) is 0 Å². The van der Waals surface area contributed by atoms with Gasteiger partial charge < -0.3 is 0 Å². The lowest BCUT2D eigenvalue weighted by molar-refractivity contribution is -0.660. The first-order valence-electron chi connectivity index (χ1n) is 11.0. The van der Waals surface area contributed by atoms with E-state index in [1.54, 1.807) is 0 Å². The zero-order chi connectivity index (χ0) is 21.9. The number of pyridine rings is 2. The zero-order valence-corrected chi connectivity index (χ0v) is 19.2. The highest BCUT2D eigenvalue weighted by molar-refractivity contribution is 5.88. The van der Waals surface area contributed by atoms with E-state index in [0.717, 1.165) is 5.69 Å². The number of aromatic nitrogens is 2. The molecule has 0 atom stereocenters. The number of nitrogens with zero attached hydrogens (tertiary/aromatic N) is 2. The summed E-state index contributed by atoms with van der Waals surface area (Å²) >= 11 is 0. The summed E-state index contributed by atoms with van der Waals surface area (Å²) in [6, 6.07) is 22.2. The molecule has 2 nitrogen and oxygen atoms in total. The SMILES string of the molecule is Cc1ccc(-c2cc[n+](C)c(-c3c(C)ccc4c3C(C)(C)c3nc(C)ccc3-4)c2)cc1. The first-order chi connectivity index (χ1) is 14.8. The van der Waals surface area contributed by atoms with E-state index >= 15 is 0 Å². The van der Waals surface area contributed by atoms with Crippen LogP contribution >= 0.6 is 0 Å². The Kier molecular flexibility index (Phi) is 4.37. The monoisotopic (exact) mass is 405 g/mol. The predicted molar refractivity (Wildman–Crippen MR) is 128 cm³/mol. The standard InChI is InChI=1S/C29H29N2/c1-18-7-11-21(12-8-18)22-15-16-31(6)25(17-22)26-19(2)9-13-23-24-14-10-20(3)30-28(24)29(4,5)27(23)26/h7-17H,1-6H3/q+1. The third kappa shape index (κ3) is 3.01. The molecular weight excluding hydrogens is 376 g/mol. The molecule has 2 heteroatoms. The molecule has 0 radical (unpaired) electrons. The molecule has 0 unspecified atom stereocenters. The Bertz CT molecular complexity index is 1330. The molecule has 0 saturated heterocycles. The van der Waals surface area contributed by atoms with Crippen molar-refractivity contribution in [1.29, 1.82) is 0 Å². The summed E-state index contributed by atoms with van der Waals surface area (Å²) in [5.41, 5.74) is 13.7. The molecule has 154 valence electrons. The van der Waals surface area contributed by atoms with Gasteiger partial charge in [-0.05, 0) is 54.7 Å². The Balaban J connectivity index is 1.77. The Hall–Kier alpha value is -3.26. The van der Waals surface area contributed by atoms with Crippen LogP contribution < -0.4 is 4.57 Å². The van der Waals surface area contributed by atoms with Gasteiger partial charge in [0, 0.05) is 28.8 Å². The summed E-state index contributed by atoms with van der Waals surface area (Å²) in [5, 5.41) is 0. The molecule has 1 aliphatic carbocycles. The highest BCUT2D eigenvalue weighted by Crippen LogP contribution is 2.52. The predicted octanol–water partition coefficient (Wildman–Crippen LogP) is 6.47. The molecule has 5 rings (SSSR count). The molecule has 1 aliphatic rings. The van der Waals surface area contributed by atoms with Crippen LogP contribution in [0.2, 0.25) is 0 Å². The van der Waals surface area contributed by atoms with E-state index < -0.39 is 0 Å². The van der Waals surface area contributed by atoms with Gasteiger partial charge in [-0.3, -0.25) is 4.98 Å². The number of aryl methyl sites for hydroxylation is 4. The van der Waals surface area contributed by atoms with Gasteiger partial charge in [0.2, 0.25) is 5.69 Å². The van der Waals surface area contributed by atoms with Gasteiger partial charge >= 0.3 is 0 Å². The highest BCUT2D eigenvalue weighted by Gasteiger charge is 2.41. The van der Waals surface area contributed by atoms with Crippen LogP contribution in [-0.4, -0.2) is 4.98 Å². The molecule has 0 saturated carbocycles. The summed E-state index contributed by atoms with van der Waals surface area (Å²) in [6.45, 7) is 11.1. The van der Waals surface area contributed by atoms with Gasteiger partial charge in [0.05, 0.1) is 11.3 Å². The molecule has 2 aromatic heterocycles. The molecular formula is C29H29N2+. The van der Waals surface area contributed by atoms with Crippen LogP contribution in [0.5, 0.6) is 0 Å². The van der Waals surface area contributed by atoms with E-state index in [1.807, 2.05) is 0 Å². The zero-order valence-electron chi connectivity index (χ0n) is 19.2. The molecule has 0 spiro atoms. The van der Waals surface area contributed by atoms with E-state index in [1.165, 1.54) is 55.9 Å². The van der Waals surface area contributed by atoms with Crippen molar-refractivity contribution in [2.24, 2.45) is 7.05 Å². The topological polar surface area (TPSA) is 16.8 Å². The Labute approximate surface area is 185 Å². The maximum atomic E-state index is 4.97. The summed E-state index contributed by atoms with van der Waals surface area (Å²) in [5.74, 6) is 0. The number of rotatable bonds is 2. The van der Waals surface area contributed by atoms with E-state index in [2.05, 4.69) is 113 Å². The summed E-state index contributed by atoms with van der Waals surface area (Å²) in [6.07, 6.45) is 2.18. The first-order valence-corrected chi connectivity index (χ1v) is 11.0. The van der Waals surface area contributed by atoms with Crippen LogP contribution in [0.3, 0.4) is 0 Å². The second-order valence-corrected chi connectivity index (χ2v) is 9.43. The molecule has 0 bridgehead atoms. The van der Waals surface area contributed by atoms with Gasteiger partial charge in [0.1, 0.15) is 7.05 Å². The second kappa shape index (κ2) is 6.88. The molecule has 0 N–H and O–H groups in total. The van der Waals surface area contributed by atoms with Gasteiger partial charge in [0.25, 0.3) is 0 Å². The summed E-state index contributed by atoms with van der Waals surface area (Å²) in [4.78, 5) is 4.97. The quantitative estimate of drug-likeness (QED) is 0.349. The van der Waals surface area contributed by atoms with Crippen LogP contribution in [0, 0.1) is 20.8 Å². The summed E-state index contributed by atoms with van der Waals surface area (Å²) < 4.78 is 2.25. The number of hydrogen-bond acceptors (Lipinski definition) is 1. The normalized spacial score (nSPS) is 13.7. The number of hydrogen-bond donors (Lipinski definition) is 0. The van der Waals surface area contributed by atoms with Crippen molar-refractivity contribution in [3.8, 4) is 33.5 Å². The Morgan fingerprint density at radius 2 is 1.48 bits per heavy atom. The number of benzene rings is 2. The average molecular weight is 406 g/mol. The van der Waals surface area contributed by atoms with E-state index in [4.69, 9.17) is 4.98 Å². The molecule has 0 fully saturated rings. The fourth-order valence-electron chi connectivity index (χ4n) is 5.02. The molecule has 4 aromatic rings. The maximum absolute atomic E-state index is 4.97. The number of fused-ring (bicyclic) bond motifs is 3. The largest absolute Gasteiger partial charge is 0.257 e. The lowest BCUT2D eigenvalue weighted by Crippen LogP contribution is -2.32. The van der Waals surface area contributed by atoms with Crippen LogP contribution in [0.1, 0.15) is 41.9 Å². The minimum Gasteiger partial charge on any atom is -0.257 e. The van der Waals surface area contributed by atoms with E-state index in [-0.39, 0.29) is 5.41 Å².